The Morgan fingerprint density at radius 1 is 1.10 bits per heavy atom. The normalized spacial score (nSPS) is 10.6. The summed E-state index contributed by atoms with van der Waals surface area (Å²) in [6.45, 7) is 5.14. The van der Waals surface area contributed by atoms with Crippen LogP contribution >= 0.6 is 0 Å². The monoisotopic (exact) mass is 290 g/mol. The molecule has 0 saturated heterocycles. The van der Waals surface area contributed by atoms with Gasteiger partial charge in [0.1, 0.15) is 0 Å². The van der Waals surface area contributed by atoms with E-state index in [1.54, 1.807) is 18.2 Å². The van der Waals surface area contributed by atoms with Crippen LogP contribution in [0.4, 0.5) is 0 Å². The van der Waals surface area contributed by atoms with Gasteiger partial charge in [0.25, 0.3) is 5.91 Å². The summed E-state index contributed by atoms with van der Waals surface area (Å²) >= 11 is 0. The highest BCUT2D eigenvalue weighted by molar-refractivity contribution is 5.99. The van der Waals surface area contributed by atoms with Crippen molar-refractivity contribution in [3.8, 4) is 0 Å². The Morgan fingerprint density at radius 3 is 2.43 bits per heavy atom. The molecule has 0 bridgehead atoms. The van der Waals surface area contributed by atoms with Gasteiger partial charge in [-0.25, -0.2) is 0 Å². The molecule has 0 spiro atoms. The number of nitrogens with two attached hydrogens (primary N) is 1. The van der Waals surface area contributed by atoms with Crippen molar-refractivity contribution in [2.45, 2.75) is 46.0 Å². The summed E-state index contributed by atoms with van der Waals surface area (Å²) in [5, 5.41) is 2.87. The number of benzene rings is 1. The zero-order valence-electron chi connectivity index (χ0n) is 13.0. The number of hydrogen-bond acceptors (Lipinski definition) is 2. The van der Waals surface area contributed by atoms with E-state index in [0.29, 0.717) is 17.7 Å². The minimum atomic E-state index is -0.519. The molecule has 21 heavy (non-hydrogen) atoms. The van der Waals surface area contributed by atoms with Crippen molar-refractivity contribution in [2.24, 2.45) is 11.7 Å². The molecular formula is C17H26N2O2. The first-order valence-electron chi connectivity index (χ1n) is 7.68. The van der Waals surface area contributed by atoms with Crippen LogP contribution in [0.25, 0.3) is 0 Å². The number of carbonyl (C=O) groups is 2. The number of unbranched alkanes of at least 4 members (excludes halogenated alkanes) is 3. The van der Waals surface area contributed by atoms with E-state index >= 15 is 0 Å². The van der Waals surface area contributed by atoms with Crippen LogP contribution in [0.1, 0.15) is 66.7 Å². The summed E-state index contributed by atoms with van der Waals surface area (Å²) < 4.78 is 0. The lowest BCUT2D eigenvalue weighted by Crippen LogP contribution is -2.25. The molecule has 116 valence electrons. The lowest BCUT2D eigenvalue weighted by atomic mass is 10.0. The number of carbonyl (C=O) groups excluding carboxylic acids is 2. The molecule has 0 aliphatic rings. The van der Waals surface area contributed by atoms with Crippen LogP contribution in [0.2, 0.25) is 0 Å². The number of hydrogen-bond donors (Lipinski definition) is 2. The lowest BCUT2D eigenvalue weighted by molar-refractivity contribution is 0.0953. The SMILES string of the molecule is CC(C)CCCCCCNC(=O)c1cccc(C(N)=O)c1. The molecule has 4 heteroatoms. The van der Waals surface area contributed by atoms with Crippen LogP contribution in [0, 0.1) is 5.92 Å². The van der Waals surface area contributed by atoms with Gasteiger partial charge in [0.05, 0.1) is 0 Å². The quantitative estimate of drug-likeness (QED) is 0.686. The Morgan fingerprint density at radius 2 is 1.76 bits per heavy atom. The van der Waals surface area contributed by atoms with Crippen LogP contribution < -0.4 is 11.1 Å². The maximum atomic E-state index is 11.9. The maximum absolute atomic E-state index is 11.9. The van der Waals surface area contributed by atoms with Gasteiger partial charge in [-0.1, -0.05) is 45.6 Å². The molecule has 0 aromatic heterocycles. The standard InChI is InChI=1S/C17H26N2O2/c1-13(2)8-5-3-4-6-11-19-17(21)15-10-7-9-14(12-15)16(18)20/h7,9-10,12-13H,3-6,8,11H2,1-2H3,(H2,18,20)(H,19,21). The van der Waals surface area contributed by atoms with Gasteiger partial charge < -0.3 is 11.1 Å². The van der Waals surface area contributed by atoms with Gasteiger partial charge >= 0.3 is 0 Å². The Bertz CT molecular complexity index is 470. The van der Waals surface area contributed by atoms with Gasteiger partial charge in [-0.3, -0.25) is 9.59 Å². The van der Waals surface area contributed by atoms with Crippen LogP contribution in [0.5, 0.6) is 0 Å². The molecule has 1 aromatic rings. The summed E-state index contributed by atoms with van der Waals surface area (Å²) in [5.74, 6) is 0.0947. The van der Waals surface area contributed by atoms with E-state index in [1.165, 1.54) is 25.3 Å². The highest BCUT2D eigenvalue weighted by Crippen LogP contribution is 2.09. The molecule has 0 heterocycles. The number of nitrogens with one attached hydrogen (secondary N) is 1. The molecule has 3 N–H and O–H groups in total. The number of primary amides is 1. The molecule has 1 rings (SSSR count). The summed E-state index contributed by atoms with van der Waals surface area (Å²) in [6, 6.07) is 6.49. The van der Waals surface area contributed by atoms with E-state index in [9.17, 15) is 9.59 Å². The van der Waals surface area contributed by atoms with Gasteiger partial charge in [-0.05, 0) is 30.5 Å². The molecule has 2 amide bonds. The van der Waals surface area contributed by atoms with Gasteiger partial charge in [0.2, 0.25) is 5.91 Å². The lowest BCUT2D eigenvalue weighted by Gasteiger charge is -2.07. The average Bonchev–Trinajstić information content (AvgIpc) is 2.45. The highest BCUT2D eigenvalue weighted by atomic mass is 16.2. The predicted octanol–water partition coefficient (Wildman–Crippen LogP) is 3.12. The van der Waals surface area contributed by atoms with Gasteiger partial charge in [-0.15, -0.1) is 0 Å². The topological polar surface area (TPSA) is 72.2 Å². The van der Waals surface area contributed by atoms with Crippen molar-refractivity contribution in [3.63, 3.8) is 0 Å². The van der Waals surface area contributed by atoms with Crippen molar-refractivity contribution in [3.05, 3.63) is 35.4 Å². The van der Waals surface area contributed by atoms with E-state index in [2.05, 4.69) is 19.2 Å². The predicted molar refractivity (Wildman–Crippen MR) is 85.2 cm³/mol. The highest BCUT2D eigenvalue weighted by Gasteiger charge is 2.07. The van der Waals surface area contributed by atoms with Crippen LogP contribution in [0.3, 0.4) is 0 Å². The first-order valence-corrected chi connectivity index (χ1v) is 7.68. The van der Waals surface area contributed by atoms with Crippen molar-refractivity contribution in [1.82, 2.24) is 5.32 Å². The van der Waals surface area contributed by atoms with Gasteiger partial charge in [0, 0.05) is 17.7 Å². The Hall–Kier alpha value is -1.84. The van der Waals surface area contributed by atoms with Crippen LogP contribution in [-0.2, 0) is 0 Å². The van der Waals surface area contributed by atoms with E-state index < -0.39 is 5.91 Å². The van der Waals surface area contributed by atoms with E-state index in [1.807, 2.05) is 0 Å². The molecule has 0 aliphatic carbocycles. The van der Waals surface area contributed by atoms with Crippen LogP contribution in [0.15, 0.2) is 24.3 Å². The van der Waals surface area contributed by atoms with Crippen molar-refractivity contribution < 1.29 is 9.59 Å². The fraction of sp³-hybridized carbons (Fsp3) is 0.529. The summed E-state index contributed by atoms with van der Waals surface area (Å²) in [7, 11) is 0. The molecule has 0 radical (unpaired) electrons. The largest absolute Gasteiger partial charge is 0.366 e. The Balaban J connectivity index is 2.25. The average molecular weight is 290 g/mol. The Kier molecular flexibility index (Phi) is 7.51. The zero-order valence-corrected chi connectivity index (χ0v) is 13.0. The third kappa shape index (κ3) is 6.93. The smallest absolute Gasteiger partial charge is 0.251 e. The van der Waals surface area contributed by atoms with E-state index in [4.69, 9.17) is 5.73 Å². The van der Waals surface area contributed by atoms with Crippen molar-refractivity contribution >= 4 is 11.8 Å². The third-order valence-corrected chi connectivity index (χ3v) is 3.40. The molecule has 0 aliphatic heterocycles. The first-order chi connectivity index (χ1) is 10.0. The number of amides is 2. The van der Waals surface area contributed by atoms with Gasteiger partial charge in [0.15, 0.2) is 0 Å². The molecule has 0 fully saturated rings. The minimum Gasteiger partial charge on any atom is -0.366 e. The second kappa shape index (κ2) is 9.16. The number of rotatable bonds is 9. The van der Waals surface area contributed by atoms with Crippen molar-refractivity contribution in [2.75, 3.05) is 6.54 Å². The second-order valence-electron chi connectivity index (χ2n) is 5.80. The fourth-order valence-corrected chi connectivity index (χ4v) is 2.15. The van der Waals surface area contributed by atoms with Crippen LogP contribution in [-0.4, -0.2) is 18.4 Å². The third-order valence-electron chi connectivity index (χ3n) is 3.40. The van der Waals surface area contributed by atoms with Gasteiger partial charge in [-0.2, -0.15) is 0 Å². The molecule has 4 nitrogen and oxygen atoms in total. The summed E-state index contributed by atoms with van der Waals surface area (Å²) in [4.78, 5) is 23.0. The second-order valence-corrected chi connectivity index (χ2v) is 5.80. The molecule has 0 atom stereocenters. The fourth-order valence-electron chi connectivity index (χ4n) is 2.15. The van der Waals surface area contributed by atoms with Crippen molar-refractivity contribution in [1.29, 1.82) is 0 Å². The molecule has 1 aromatic carbocycles. The molecule has 0 saturated carbocycles. The maximum Gasteiger partial charge on any atom is 0.251 e. The minimum absolute atomic E-state index is 0.153. The molecule has 0 unspecified atom stereocenters. The first kappa shape index (κ1) is 17.2. The Labute approximate surface area is 127 Å². The summed E-state index contributed by atoms with van der Waals surface area (Å²) in [6.07, 6.45) is 5.86. The van der Waals surface area contributed by atoms with E-state index in [-0.39, 0.29) is 5.91 Å². The van der Waals surface area contributed by atoms with E-state index in [0.717, 1.165) is 18.8 Å². The molecular weight excluding hydrogens is 264 g/mol. The summed E-state index contributed by atoms with van der Waals surface area (Å²) in [5.41, 5.74) is 6.04. The zero-order chi connectivity index (χ0) is 15.7.